The molecule has 0 fully saturated rings. The van der Waals surface area contributed by atoms with Gasteiger partial charge in [-0.15, -0.1) is 0 Å². The Hall–Kier alpha value is -5.92. The van der Waals surface area contributed by atoms with Crippen LogP contribution in [-0.2, 0) is 18.3 Å². The molecular formula is C55H51N. The summed E-state index contributed by atoms with van der Waals surface area (Å²) in [6.07, 6.45) is 20.2. The smallest absolute Gasteiger partial charge is 0.0461 e. The van der Waals surface area contributed by atoms with Crippen LogP contribution in [0.2, 0.25) is 0 Å². The van der Waals surface area contributed by atoms with Crippen molar-refractivity contribution in [1.82, 2.24) is 0 Å². The lowest BCUT2D eigenvalue weighted by atomic mass is 9.79. The van der Waals surface area contributed by atoms with Crippen LogP contribution >= 0.6 is 0 Å². The Balaban J connectivity index is 0.00000202. The first-order valence-electron chi connectivity index (χ1n) is 20.6. The van der Waals surface area contributed by atoms with Crippen LogP contribution < -0.4 is 4.90 Å². The van der Waals surface area contributed by atoms with Gasteiger partial charge < -0.3 is 4.90 Å². The molecule has 5 aromatic rings. The highest BCUT2D eigenvalue weighted by Gasteiger charge is 2.38. The Labute approximate surface area is 334 Å². The lowest BCUT2D eigenvalue weighted by Gasteiger charge is -2.32. The molecule has 10 rings (SSSR count). The second kappa shape index (κ2) is 14.6. The van der Waals surface area contributed by atoms with Crippen molar-refractivity contribution in [3.8, 4) is 11.1 Å². The zero-order chi connectivity index (χ0) is 38.4. The summed E-state index contributed by atoms with van der Waals surface area (Å²) >= 11 is 0. The Bertz CT molecular complexity index is 2560. The Morgan fingerprint density at radius 1 is 0.607 bits per heavy atom. The summed E-state index contributed by atoms with van der Waals surface area (Å²) in [5.74, 6) is 0. The van der Waals surface area contributed by atoms with Gasteiger partial charge in [-0.3, -0.25) is 0 Å². The SMILES string of the molecule is C=C1/C=C\C2=C(Cc3ccccc31)c1ccc(N(C3=CC=C(c4ccccc4)CC3)c3ccc(-c4cccc5c4CC4=C5C=CCC4)cc3)cc1C2(C)C.CC. The first kappa shape index (κ1) is 35.8. The first-order valence-corrected chi connectivity index (χ1v) is 20.6. The summed E-state index contributed by atoms with van der Waals surface area (Å²) in [5.41, 5.74) is 24.2. The molecule has 0 N–H and O–H groups in total. The number of anilines is 2. The highest BCUT2D eigenvalue weighted by Crippen LogP contribution is 2.51. The highest BCUT2D eigenvalue weighted by atomic mass is 15.1. The van der Waals surface area contributed by atoms with Crippen molar-refractivity contribution >= 4 is 33.7 Å². The van der Waals surface area contributed by atoms with Gasteiger partial charge in [0.15, 0.2) is 0 Å². The number of hydrogen-bond acceptors (Lipinski definition) is 1. The maximum atomic E-state index is 4.44. The van der Waals surface area contributed by atoms with Crippen LogP contribution in [0.5, 0.6) is 0 Å². The Morgan fingerprint density at radius 3 is 2.16 bits per heavy atom. The van der Waals surface area contributed by atoms with E-state index in [0.29, 0.717) is 0 Å². The standard InChI is InChI=1S/C53H45N.C2H6/c1-35-20-31-51-50(33-39-14-7-9-16-44(35)39)48-30-29-43(34-52(48)53(51,2)3)54(41-25-21-37(22-26-41)36-12-5-4-6-13-36)42-27-23-38(24-28-42)45-18-11-19-47-46-17-10-8-15-40(46)32-49(45)47;1-2/h4-7,9-14,16-21,23-25,27-31,34H,1,8,15,22,26,32-33H2,2-3H3;1-2H3/b31-20-;. The zero-order valence-electron chi connectivity index (χ0n) is 33.3. The maximum Gasteiger partial charge on any atom is 0.0461 e. The Morgan fingerprint density at radius 2 is 1.36 bits per heavy atom. The van der Waals surface area contributed by atoms with Crippen LogP contribution in [0.1, 0.15) is 92.3 Å². The molecule has 5 aliphatic carbocycles. The fraction of sp³-hybridized carbons (Fsp3) is 0.200. The van der Waals surface area contributed by atoms with Crippen LogP contribution in [0, 0.1) is 0 Å². The van der Waals surface area contributed by atoms with E-state index in [1.54, 1.807) is 5.57 Å². The predicted octanol–water partition coefficient (Wildman–Crippen LogP) is 14.8. The molecule has 0 saturated carbocycles. The molecule has 56 heavy (non-hydrogen) atoms. The van der Waals surface area contributed by atoms with Gasteiger partial charge in [-0.2, -0.15) is 0 Å². The summed E-state index contributed by atoms with van der Waals surface area (Å²) in [5, 5.41) is 0. The number of rotatable bonds is 5. The third kappa shape index (κ3) is 6.11. The normalized spacial score (nSPS) is 17.9. The van der Waals surface area contributed by atoms with E-state index in [-0.39, 0.29) is 5.41 Å². The third-order valence-electron chi connectivity index (χ3n) is 12.6. The van der Waals surface area contributed by atoms with Gasteiger partial charge in [0.1, 0.15) is 0 Å². The summed E-state index contributed by atoms with van der Waals surface area (Å²) in [6.45, 7) is 13.2. The third-order valence-corrected chi connectivity index (χ3v) is 12.6. The molecule has 276 valence electrons. The second-order valence-electron chi connectivity index (χ2n) is 16.0. The molecule has 0 atom stereocenters. The molecule has 0 saturated heterocycles. The maximum absolute atomic E-state index is 4.44. The van der Waals surface area contributed by atoms with Gasteiger partial charge in [-0.1, -0.05) is 161 Å². The number of allylic oxidation sites excluding steroid dienone is 13. The van der Waals surface area contributed by atoms with Gasteiger partial charge in [0.05, 0.1) is 0 Å². The highest BCUT2D eigenvalue weighted by molar-refractivity contribution is 5.91. The van der Waals surface area contributed by atoms with Crippen molar-refractivity contribution in [3.05, 3.63) is 214 Å². The zero-order valence-corrected chi connectivity index (χ0v) is 33.3. The average molecular weight is 726 g/mol. The van der Waals surface area contributed by atoms with E-state index in [1.165, 1.54) is 95.9 Å². The molecular weight excluding hydrogens is 675 g/mol. The van der Waals surface area contributed by atoms with E-state index in [0.717, 1.165) is 37.7 Å². The summed E-state index contributed by atoms with van der Waals surface area (Å²) in [7, 11) is 0. The topological polar surface area (TPSA) is 3.24 Å². The monoisotopic (exact) mass is 725 g/mol. The van der Waals surface area contributed by atoms with Crippen LogP contribution in [0.3, 0.4) is 0 Å². The summed E-state index contributed by atoms with van der Waals surface area (Å²) in [6, 6.07) is 43.1. The molecule has 0 spiro atoms. The summed E-state index contributed by atoms with van der Waals surface area (Å²) in [4.78, 5) is 2.52. The fourth-order valence-electron chi connectivity index (χ4n) is 9.73. The molecule has 0 bridgehead atoms. The van der Waals surface area contributed by atoms with Crippen LogP contribution in [0.25, 0.3) is 33.4 Å². The molecule has 1 heteroatoms. The van der Waals surface area contributed by atoms with Gasteiger partial charge in [-0.05, 0) is 147 Å². The Kier molecular flexibility index (Phi) is 9.34. The largest absolute Gasteiger partial charge is 0.314 e. The fourth-order valence-corrected chi connectivity index (χ4v) is 9.73. The minimum atomic E-state index is -0.142. The molecule has 5 aromatic carbocycles. The lowest BCUT2D eigenvalue weighted by molar-refractivity contribution is 0.653. The van der Waals surface area contributed by atoms with Gasteiger partial charge in [0.25, 0.3) is 0 Å². The van der Waals surface area contributed by atoms with Crippen molar-refractivity contribution in [2.45, 2.75) is 71.6 Å². The first-order chi connectivity index (χ1) is 27.4. The van der Waals surface area contributed by atoms with Crippen molar-refractivity contribution in [1.29, 1.82) is 0 Å². The molecule has 0 aliphatic heterocycles. The molecule has 0 amide bonds. The minimum absolute atomic E-state index is 0.142. The van der Waals surface area contributed by atoms with E-state index >= 15 is 0 Å². The number of nitrogens with zero attached hydrogens (tertiary/aromatic N) is 1. The molecule has 0 radical (unpaired) electrons. The van der Waals surface area contributed by atoms with Crippen LogP contribution in [0.4, 0.5) is 11.4 Å². The summed E-state index contributed by atoms with van der Waals surface area (Å²) < 4.78 is 0. The van der Waals surface area contributed by atoms with Crippen molar-refractivity contribution in [2.24, 2.45) is 0 Å². The molecule has 0 aromatic heterocycles. The molecule has 1 nitrogen and oxygen atoms in total. The predicted molar refractivity (Wildman–Crippen MR) is 241 cm³/mol. The quantitative estimate of drug-likeness (QED) is 0.174. The van der Waals surface area contributed by atoms with E-state index in [9.17, 15) is 0 Å². The van der Waals surface area contributed by atoms with E-state index in [2.05, 4.69) is 177 Å². The lowest BCUT2D eigenvalue weighted by Crippen LogP contribution is -2.20. The average Bonchev–Trinajstić information content (AvgIpc) is 3.72. The van der Waals surface area contributed by atoms with Crippen LogP contribution in [-0.4, -0.2) is 0 Å². The van der Waals surface area contributed by atoms with Crippen molar-refractivity contribution in [3.63, 3.8) is 0 Å². The van der Waals surface area contributed by atoms with Crippen molar-refractivity contribution in [2.75, 3.05) is 4.90 Å². The van der Waals surface area contributed by atoms with Crippen LogP contribution in [0.15, 0.2) is 175 Å². The van der Waals surface area contributed by atoms with Gasteiger partial charge in [-0.25, -0.2) is 0 Å². The number of benzene rings is 5. The number of hydrogen-bond donors (Lipinski definition) is 0. The van der Waals surface area contributed by atoms with Gasteiger partial charge in [0, 0.05) is 22.5 Å². The minimum Gasteiger partial charge on any atom is -0.314 e. The molecule has 0 unspecified atom stereocenters. The van der Waals surface area contributed by atoms with Gasteiger partial charge in [0.2, 0.25) is 0 Å². The van der Waals surface area contributed by atoms with E-state index < -0.39 is 0 Å². The van der Waals surface area contributed by atoms with Gasteiger partial charge >= 0.3 is 0 Å². The molecule has 5 aliphatic rings. The van der Waals surface area contributed by atoms with E-state index in [1.807, 2.05) is 13.8 Å². The number of fused-ring (bicyclic) bond motifs is 5. The van der Waals surface area contributed by atoms with Crippen molar-refractivity contribution < 1.29 is 0 Å². The second-order valence-corrected chi connectivity index (χ2v) is 16.0. The van der Waals surface area contributed by atoms with E-state index in [4.69, 9.17) is 0 Å². The molecule has 0 heterocycles.